The third kappa shape index (κ3) is 1.80. The Hall–Kier alpha value is -0.520. The van der Waals surface area contributed by atoms with E-state index in [-0.39, 0.29) is 0 Å². The fourth-order valence-electron chi connectivity index (χ4n) is 3.01. The zero-order valence-electron chi connectivity index (χ0n) is 9.39. The average molecular weight is 190 g/mol. The van der Waals surface area contributed by atoms with Crippen LogP contribution in [0.4, 0.5) is 0 Å². The number of rotatable bonds is 4. The molecule has 2 aliphatic carbocycles. The van der Waals surface area contributed by atoms with Crippen LogP contribution >= 0.6 is 0 Å². The van der Waals surface area contributed by atoms with Gasteiger partial charge in [0, 0.05) is 5.41 Å². The quantitative estimate of drug-likeness (QED) is 0.567. The molecule has 1 spiro atoms. The third-order valence-corrected chi connectivity index (χ3v) is 3.90. The van der Waals surface area contributed by atoms with Crippen molar-refractivity contribution in [3.63, 3.8) is 0 Å². The molecule has 0 heteroatoms. The molecule has 1 saturated carbocycles. The summed E-state index contributed by atoms with van der Waals surface area (Å²) in [5, 5.41) is 0. The summed E-state index contributed by atoms with van der Waals surface area (Å²) in [5.41, 5.74) is 2.27. The number of hydrogen-bond acceptors (Lipinski definition) is 0. The molecule has 0 saturated heterocycles. The van der Waals surface area contributed by atoms with Crippen LogP contribution in [0.25, 0.3) is 0 Å². The van der Waals surface area contributed by atoms with E-state index in [0.717, 1.165) is 0 Å². The van der Waals surface area contributed by atoms with Gasteiger partial charge in [-0.2, -0.15) is 0 Å². The molecule has 2 aliphatic rings. The van der Waals surface area contributed by atoms with E-state index >= 15 is 0 Å². The molecule has 0 N–H and O–H groups in total. The van der Waals surface area contributed by atoms with Gasteiger partial charge in [0.25, 0.3) is 0 Å². The Balaban J connectivity index is 1.92. The van der Waals surface area contributed by atoms with Gasteiger partial charge in [0.05, 0.1) is 0 Å². The highest BCUT2D eigenvalue weighted by Crippen LogP contribution is 2.49. The Kier molecular flexibility index (Phi) is 3.10. The molecule has 0 aliphatic heterocycles. The molecule has 0 bridgehead atoms. The third-order valence-electron chi connectivity index (χ3n) is 3.90. The summed E-state index contributed by atoms with van der Waals surface area (Å²) in [6, 6.07) is 0. The summed E-state index contributed by atoms with van der Waals surface area (Å²) >= 11 is 0. The van der Waals surface area contributed by atoms with E-state index < -0.39 is 0 Å². The predicted molar refractivity (Wildman–Crippen MR) is 62.3 cm³/mol. The fraction of sp³-hybridized carbons (Fsp3) is 0.714. The van der Waals surface area contributed by atoms with Crippen molar-refractivity contribution in [3.05, 3.63) is 23.8 Å². The van der Waals surface area contributed by atoms with Crippen LogP contribution in [0.5, 0.6) is 0 Å². The summed E-state index contributed by atoms with van der Waals surface area (Å²) in [6.45, 7) is 2.28. The van der Waals surface area contributed by atoms with E-state index in [0.29, 0.717) is 5.41 Å². The average Bonchev–Trinajstić information content (AvgIpc) is 2.80. The summed E-state index contributed by atoms with van der Waals surface area (Å²) < 4.78 is 0. The molecule has 0 amide bonds. The molecular formula is C14H22. The SMILES string of the molecule is CCCCCC1=CC=CC12CCCC2. The van der Waals surface area contributed by atoms with Gasteiger partial charge in [0.1, 0.15) is 0 Å². The lowest BCUT2D eigenvalue weighted by Crippen LogP contribution is -2.13. The smallest absolute Gasteiger partial charge is 0.00969 e. The van der Waals surface area contributed by atoms with Crippen LogP contribution in [0.2, 0.25) is 0 Å². The first-order valence-electron chi connectivity index (χ1n) is 6.26. The Morgan fingerprint density at radius 1 is 1.21 bits per heavy atom. The van der Waals surface area contributed by atoms with Crippen molar-refractivity contribution in [2.24, 2.45) is 5.41 Å². The molecule has 0 aromatic rings. The van der Waals surface area contributed by atoms with Crippen molar-refractivity contribution in [3.8, 4) is 0 Å². The first-order chi connectivity index (χ1) is 6.87. The van der Waals surface area contributed by atoms with Crippen LogP contribution < -0.4 is 0 Å². The van der Waals surface area contributed by atoms with Gasteiger partial charge in [-0.3, -0.25) is 0 Å². The Morgan fingerprint density at radius 2 is 2.00 bits per heavy atom. The lowest BCUT2D eigenvalue weighted by molar-refractivity contribution is 0.461. The molecule has 0 heterocycles. The van der Waals surface area contributed by atoms with E-state index in [1.165, 1.54) is 51.4 Å². The first-order valence-corrected chi connectivity index (χ1v) is 6.26. The molecule has 0 aromatic carbocycles. The van der Waals surface area contributed by atoms with Crippen LogP contribution in [0.1, 0.15) is 58.3 Å². The molecule has 2 rings (SSSR count). The monoisotopic (exact) mass is 190 g/mol. The predicted octanol–water partition coefficient (Wildman–Crippen LogP) is 4.62. The maximum atomic E-state index is 2.47. The van der Waals surface area contributed by atoms with Crippen LogP contribution in [-0.4, -0.2) is 0 Å². The van der Waals surface area contributed by atoms with Crippen molar-refractivity contribution in [1.29, 1.82) is 0 Å². The second kappa shape index (κ2) is 4.33. The molecule has 0 radical (unpaired) electrons. The summed E-state index contributed by atoms with van der Waals surface area (Å²) in [7, 11) is 0. The largest absolute Gasteiger partial charge is 0.0743 e. The zero-order valence-corrected chi connectivity index (χ0v) is 9.39. The standard InChI is InChI=1S/C14H22/c1-2-3-4-8-13-9-7-12-14(13)10-5-6-11-14/h7,9,12H,2-6,8,10-11H2,1H3. The number of hydrogen-bond donors (Lipinski definition) is 0. The molecule has 14 heavy (non-hydrogen) atoms. The van der Waals surface area contributed by atoms with Crippen LogP contribution in [0.15, 0.2) is 23.8 Å². The summed E-state index contributed by atoms with van der Waals surface area (Å²) in [6.07, 6.45) is 18.4. The minimum atomic E-state index is 0.535. The molecule has 0 unspecified atom stereocenters. The minimum Gasteiger partial charge on any atom is -0.0743 e. The lowest BCUT2D eigenvalue weighted by atomic mass is 9.79. The normalized spacial score (nSPS) is 23.4. The number of unbranched alkanes of at least 4 members (excludes halogenated alkanes) is 2. The first kappa shape index (κ1) is 10.0. The van der Waals surface area contributed by atoms with E-state index in [1.807, 2.05) is 0 Å². The minimum absolute atomic E-state index is 0.535. The molecular weight excluding hydrogens is 168 g/mol. The summed E-state index contributed by atoms with van der Waals surface area (Å²) in [5.74, 6) is 0. The molecule has 0 aromatic heterocycles. The molecule has 78 valence electrons. The lowest BCUT2D eigenvalue weighted by Gasteiger charge is -2.25. The van der Waals surface area contributed by atoms with Gasteiger partial charge in [-0.05, 0) is 25.7 Å². The van der Waals surface area contributed by atoms with Gasteiger partial charge in [-0.25, -0.2) is 0 Å². The Labute approximate surface area is 88.1 Å². The zero-order chi connectivity index (χ0) is 9.86. The maximum Gasteiger partial charge on any atom is 0.00969 e. The van der Waals surface area contributed by atoms with Crippen molar-refractivity contribution in [2.45, 2.75) is 58.3 Å². The second-order valence-corrected chi connectivity index (χ2v) is 4.87. The molecule has 0 atom stereocenters. The van der Waals surface area contributed by atoms with Gasteiger partial charge in [0.2, 0.25) is 0 Å². The van der Waals surface area contributed by atoms with E-state index in [2.05, 4.69) is 25.2 Å². The molecule has 1 fully saturated rings. The van der Waals surface area contributed by atoms with Crippen molar-refractivity contribution < 1.29 is 0 Å². The van der Waals surface area contributed by atoms with Crippen LogP contribution in [-0.2, 0) is 0 Å². The number of allylic oxidation sites excluding steroid dienone is 4. The fourth-order valence-corrected chi connectivity index (χ4v) is 3.01. The molecule has 0 nitrogen and oxygen atoms in total. The topological polar surface area (TPSA) is 0 Å². The summed E-state index contributed by atoms with van der Waals surface area (Å²) in [4.78, 5) is 0. The highest BCUT2D eigenvalue weighted by atomic mass is 14.4. The van der Waals surface area contributed by atoms with E-state index in [9.17, 15) is 0 Å². The van der Waals surface area contributed by atoms with Crippen molar-refractivity contribution in [1.82, 2.24) is 0 Å². The van der Waals surface area contributed by atoms with E-state index in [4.69, 9.17) is 0 Å². The van der Waals surface area contributed by atoms with Crippen LogP contribution in [0, 0.1) is 5.41 Å². The highest BCUT2D eigenvalue weighted by molar-refractivity contribution is 5.34. The van der Waals surface area contributed by atoms with Gasteiger partial charge < -0.3 is 0 Å². The Morgan fingerprint density at radius 3 is 2.71 bits per heavy atom. The maximum absolute atomic E-state index is 2.47. The van der Waals surface area contributed by atoms with Gasteiger partial charge in [-0.15, -0.1) is 0 Å². The van der Waals surface area contributed by atoms with Gasteiger partial charge in [-0.1, -0.05) is 56.4 Å². The van der Waals surface area contributed by atoms with Gasteiger partial charge in [0.15, 0.2) is 0 Å². The van der Waals surface area contributed by atoms with Crippen molar-refractivity contribution >= 4 is 0 Å². The second-order valence-electron chi connectivity index (χ2n) is 4.87. The van der Waals surface area contributed by atoms with Crippen molar-refractivity contribution in [2.75, 3.05) is 0 Å². The highest BCUT2D eigenvalue weighted by Gasteiger charge is 2.35. The van der Waals surface area contributed by atoms with Gasteiger partial charge >= 0.3 is 0 Å². The Bertz CT molecular complexity index is 239. The van der Waals surface area contributed by atoms with E-state index in [1.54, 1.807) is 5.57 Å². The van der Waals surface area contributed by atoms with Crippen LogP contribution in [0.3, 0.4) is 0 Å².